The van der Waals surface area contributed by atoms with Crippen molar-refractivity contribution < 1.29 is 4.74 Å². The van der Waals surface area contributed by atoms with Crippen LogP contribution in [0.1, 0.15) is 39.2 Å². The number of rotatable bonds is 6. The zero-order valence-corrected chi connectivity index (χ0v) is 10.8. The normalized spacial score (nSPS) is 12.8. The van der Waals surface area contributed by atoms with Crippen LogP contribution in [0.15, 0.2) is 24.3 Å². The topological polar surface area (TPSA) is 21.3 Å². The second-order valence-corrected chi connectivity index (χ2v) is 4.46. The monoisotopic (exact) mass is 221 g/mol. The molecule has 0 radical (unpaired) electrons. The molecular formula is C14H23NO. The Labute approximate surface area is 99.0 Å². The molecule has 0 amide bonds. The van der Waals surface area contributed by atoms with Crippen molar-refractivity contribution in [1.29, 1.82) is 0 Å². The van der Waals surface area contributed by atoms with Crippen LogP contribution in [0.3, 0.4) is 0 Å². The summed E-state index contributed by atoms with van der Waals surface area (Å²) in [6, 6.07) is 8.38. The Morgan fingerprint density at radius 2 is 1.75 bits per heavy atom. The van der Waals surface area contributed by atoms with Crippen molar-refractivity contribution in [3.05, 3.63) is 29.8 Å². The van der Waals surface area contributed by atoms with E-state index in [-0.39, 0.29) is 6.10 Å². The van der Waals surface area contributed by atoms with Crippen LogP contribution >= 0.6 is 0 Å². The Kier molecular flexibility index (Phi) is 5.33. The predicted octanol–water partition coefficient (Wildman–Crippen LogP) is 3.19. The molecule has 0 aliphatic heterocycles. The molecule has 1 aromatic rings. The van der Waals surface area contributed by atoms with Gasteiger partial charge < -0.3 is 10.1 Å². The standard InChI is InChI=1S/C14H23NO/c1-5-15-10-12(4)16-14-8-6-13(7-9-14)11(2)3/h6-9,11-12,15H,5,10H2,1-4H3. The molecule has 16 heavy (non-hydrogen) atoms. The molecular weight excluding hydrogens is 198 g/mol. The molecule has 1 N–H and O–H groups in total. The molecule has 0 aromatic heterocycles. The third-order valence-corrected chi connectivity index (χ3v) is 2.57. The summed E-state index contributed by atoms with van der Waals surface area (Å²) >= 11 is 0. The quantitative estimate of drug-likeness (QED) is 0.796. The SMILES string of the molecule is CCNCC(C)Oc1ccc(C(C)C)cc1. The van der Waals surface area contributed by atoms with Crippen LogP contribution < -0.4 is 10.1 Å². The lowest BCUT2D eigenvalue weighted by Gasteiger charge is -2.15. The highest BCUT2D eigenvalue weighted by Crippen LogP contribution is 2.19. The number of hydrogen-bond donors (Lipinski definition) is 1. The van der Waals surface area contributed by atoms with E-state index in [0.29, 0.717) is 5.92 Å². The van der Waals surface area contributed by atoms with Gasteiger partial charge in [0, 0.05) is 6.54 Å². The smallest absolute Gasteiger partial charge is 0.119 e. The zero-order chi connectivity index (χ0) is 12.0. The van der Waals surface area contributed by atoms with Crippen molar-refractivity contribution in [3.8, 4) is 5.75 Å². The zero-order valence-electron chi connectivity index (χ0n) is 10.8. The maximum Gasteiger partial charge on any atom is 0.119 e. The molecule has 0 saturated carbocycles. The van der Waals surface area contributed by atoms with Gasteiger partial charge in [-0.2, -0.15) is 0 Å². The largest absolute Gasteiger partial charge is 0.489 e. The predicted molar refractivity (Wildman–Crippen MR) is 69.2 cm³/mol. The average molecular weight is 221 g/mol. The molecule has 0 aliphatic carbocycles. The van der Waals surface area contributed by atoms with E-state index in [1.54, 1.807) is 0 Å². The highest BCUT2D eigenvalue weighted by Gasteiger charge is 2.04. The first-order chi connectivity index (χ1) is 7.63. The first kappa shape index (κ1) is 13.0. The fourth-order valence-electron chi connectivity index (χ4n) is 1.55. The van der Waals surface area contributed by atoms with Gasteiger partial charge in [-0.15, -0.1) is 0 Å². The van der Waals surface area contributed by atoms with E-state index >= 15 is 0 Å². The summed E-state index contributed by atoms with van der Waals surface area (Å²) in [4.78, 5) is 0. The van der Waals surface area contributed by atoms with Gasteiger partial charge >= 0.3 is 0 Å². The van der Waals surface area contributed by atoms with Crippen LogP contribution in [0.2, 0.25) is 0 Å². The van der Waals surface area contributed by atoms with E-state index in [1.807, 2.05) is 0 Å². The molecule has 1 aromatic carbocycles. The molecule has 2 heteroatoms. The molecule has 0 spiro atoms. The van der Waals surface area contributed by atoms with Gasteiger partial charge in [0.25, 0.3) is 0 Å². The molecule has 1 rings (SSSR count). The summed E-state index contributed by atoms with van der Waals surface area (Å²) in [5, 5.41) is 3.27. The average Bonchev–Trinajstić information content (AvgIpc) is 2.27. The van der Waals surface area contributed by atoms with Crippen molar-refractivity contribution in [1.82, 2.24) is 5.32 Å². The van der Waals surface area contributed by atoms with Crippen molar-refractivity contribution in [2.24, 2.45) is 0 Å². The van der Waals surface area contributed by atoms with Gasteiger partial charge in [0.1, 0.15) is 11.9 Å². The number of benzene rings is 1. The van der Waals surface area contributed by atoms with Crippen LogP contribution in [-0.2, 0) is 0 Å². The van der Waals surface area contributed by atoms with E-state index in [4.69, 9.17) is 4.74 Å². The van der Waals surface area contributed by atoms with E-state index in [1.165, 1.54) is 5.56 Å². The van der Waals surface area contributed by atoms with Gasteiger partial charge in [0.05, 0.1) is 0 Å². The van der Waals surface area contributed by atoms with E-state index < -0.39 is 0 Å². The first-order valence-electron chi connectivity index (χ1n) is 6.10. The number of likely N-dealkylation sites (N-methyl/N-ethyl adjacent to an activating group) is 1. The first-order valence-corrected chi connectivity index (χ1v) is 6.10. The van der Waals surface area contributed by atoms with Crippen molar-refractivity contribution in [2.45, 2.75) is 39.7 Å². The summed E-state index contributed by atoms with van der Waals surface area (Å²) < 4.78 is 5.79. The summed E-state index contributed by atoms with van der Waals surface area (Å²) in [6.45, 7) is 10.5. The van der Waals surface area contributed by atoms with Gasteiger partial charge in [0.15, 0.2) is 0 Å². The van der Waals surface area contributed by atoms with Gasteiger partial charge in [-0.3, -0.25) is 0 Å². The summed E-state index contributed by atoms with van der Waals surface area (Å²) in [5.74, 6) is 1.53. The molecule has 0 bridgehead atoms. The Balaban J connectivity index is 2.48. The lowest BCUT2D eigenvalue weighted by molar-refractivity contribution is 0.218. The molecule has 0 aliphatic rings. The fourth-order valence-corrected chi connectivity index (χ4v) is 1.55. The Hall–Kier alpha value is -1.02. The number of nitrogens with one attached hydrogen (secondary N) is 1. The van der Waals surface area contributed by atoms with Crippen LogP contribution in [0.5, 0.6) is 5.75 Å². The second kappa shape index (κ2) is 6.54. The molecule has 1 unspecified atom stereocenters. The maximum absolute atomic E-state index is 5.79. The molecule has 0 fully saturated rings. The van der Waals surface area contributed by atoms with Crippen LogP contribution in [-0.4, -0.2) is 19.2 Å². The fraction of sp³-hybridized carbons (Fsp3) is 0.571. The lowest BCUT2D eigenvalue weighted by atomic mass is 10.0. The van der Waals surface area contributed by atoms with Crippen LogP contribution in [0, 0.1) is 0 Å². The van der Waals surface area contributed by atoms with Crippen molar-refractivity contribution in [2.75, 3.05) is 13.1 Å². The van der Waals surface area contributed by atoms with Gasteiger partial charge in [-0.1, -0.05) is 32.9 Å². The van der Waals surface area contributed by atoms with E-state index in [2.05, 4.69) is 57.3 Å². The number of ether oxygens (including phenoxy) is 1. The summed E-state index contributed by atoms with van der Waals surface area (Å²) in [6.07, 6.45) is 0.213. The Morgan fingerprint density at radius 3 is 2.25 bits per heavy atom. The molecule has 1 atom stereocenters. The van der Waals surface area contributed by atoms with E-state index in [0.717, 1.165) is 18.8 Å². The molecule has 2 nitrogen and oxygen atoms in total. The Morgan fingerprint density at radius 1 is 1.12 bits per heavy atom. The van der Waals surface area contributed by atoms with Crippen molar-refractivity contribution >= 4 is 0 Å². The van der Waals surface area contributed by atoms with Gasteiger partial charge in [0.2, 0.25) is 0 Å². The Bertz CT molecular complexity index is 292. The molecule has 90 valence electrons. The van der Waals surface area contributed by atoms with Crippen LogP contribution in [0.4, 0.5) is 0 Å². The van der Waals surface area contributed by atoms with Crippen molar-refractivity contribution in [3.63, 3.8) is 0 Å². The van der Waals surface area contributed by atoms with E-state index in [9.17, 15) is 0 Å². The molecule has 0 saturated heterocycles. The summed E-state index contributed by atoms with van der Waals surface area (Å²) in [5.41, 5.74) is 1.35. The van der Waals surface area contributed by atoms with Crippen LogP contribution in [0.25, 0.3) is 0 Å². The lowest BCUT2D eigenvalue weighted by Crippen LogP contribution is -2.28. The third kappa shape index (κ3) is 4.23. The second-order valence-electron chi connectivity index (χ2n) is 4.46. The van der Waals surface area contributed by atoms with Gasteiger partial charge in [-0.25, -0.2) is 0 Å². The molecule has 0 heterocycles. The minimum atomic E-state index is 0.213. The minimum Gasteiger partial charge on any atom is -0.489 e. The highest BCUT2D eigenvalue weighted by molar-refractivity contribution is 5.29. The third-order valence-electron chi connectivity index (χ3n) is 2.57. The number of hydrogen-bond acceptors (Lipinski definition) is 2. The summed E-state index contributed by atoms with van der Waals surface area (Å²) in [7, 11) is 0. The highest BCUT2D eigenvalue weighted by atomic mass is 16.5. The van der Waals surface area contributed by atoms with Gasteiger partial charge in [-0.05, 0) is 37.1 Å². The minimum absolute atomic E-state index is 0.213. The maximum atomic E-state index is 5.79.